The van der Waals surface area contributed by atoms with Crippen LogP contribution in [0.3, 0.4) is 0 Å². The quantitative estimate of drug-likeness (QED) is 0.859. The smallest absolute Gasteiger partial charge is 0.127 e. The molecule has 2 aliphatic heterocycles. The van der Waals surface area contributed by atoms with Gasteiger partial charge in [-0.2, -0.15) is 0 Å². The Labute approximate surface area is 108 Å². The zero-order chi connectivity index (χ0) is 12.7. The van der Waals surface area contributed by atoms with Crippen LogP contribution < -0.4 is 4.74 Å². The lowest BCUT2D eigenvalue weighted by atomic mass is 10.1. The summed E-state index contributed by atoms with van der Waals surface area (Å²) in [4.78, 5) is 4.79. The first kappa shape index (κ1) is 11.8. The third-order valence-corrected chi connectivity index (χ3v) is 4.12. The summed E-state index contributed by atoms with van der Waals surface area (Å²) in [6.45, 7) is 2.93. The van der Waals surface area contributed by atoms with Crippen LogP contribution in [0.15, 0.2) is 18.2 Å². The molecule has 3 rings (SSSR count). The normalized spacial score (nSPS) is 27.5. The minimum atomic E-state index is 0.280. The number of likely N-dealkylation sites (N-methyl/N-ethyl adjacent to an activating group) is 1. The van der Waals surface area contributed by atoms with E-state index < -0.39 is 0 Å². The fourth-order valence-electron chi connectivity index (χ4n) is 2.96. The fraction of sp³-hybridized carbons (Fsp3) is 0.571. The van der Waals surface area contributed by atoms with Crippen molar-refractivity contribution in [2.75, 3.05) is 33.8 Å². The molecule has 4 nitrogen and oxygen atoms in total. The van der Waals surface area contributed by atoms with Crippen LogP contribution in [0.1, 0.15) is 18.0 Å². The van der Waals surface area contributed by atoms with E-state index in [-0.39, 0.29) is 5.75 Å². The molecule has 2 heterocycles. The number of aromatic hydroxyl groups is 1. The minimum absolute atomic E-state index is 0.280. The molecule has 0 bridgehead atoms. The van der Waals surface area contributed by atoms with Gasteiger partial charge >= 0.3 is 0 Å². The number of likely N-dealkylation sites (tertiary alicyclic amines) is 1. The molecule has 0 radical (unpaired) electrons. The van der Waals surface area contributed by atoms with E-state index in [1.54, 1.807) is 12.1 Å². The Morgan fingerprint density at radius 1 is 1.39 bits per heavy atom. The van der Waals surface area contributed by atoms with Crippen molar-refractivity contribution in [2.45, 2.75) is 18.5 Å². The van der Waals surface area contributed by atoms with Crippen LogP contribution in [0.5, 0.6) is 11.5 Å². The molecule has 1 saturated heterocycles. The van der Waals surface area contributed by atoms with Gasteiger partial charge in [-0.1, -0.05) is 0 Å². The van der Waals surface area contributed by atoms with E-state index in [4.69, 9.17) is 4.74 Å². The summed E-state index contributed by atoms with van der Waals surface area (Å²) in [6, 6.07) is 6.46. The first-order valence-corrected chi connectivity index (χ1v) is 6.51. The molecule has 2 unspecified atom stereocenters. The molecule has 0 spiro atoms. The number of fused-ring (bicyclic) bond motifs is 1. The third-order valence-electron chi connectivity index (χ3n) is 4.12. The molecular formula is C14H20N2O2. The first-order chi connectivity index (χ1) is 8.65. The molecule has 0 saturated carbocycles. The number of ether oxygens (including phenoxy) is 1. The second-order valence-corrected chi connectivity index (χ2v) is 5.45. The molecule has 0 aliphatic carbocycles. The van der Waals surface area contributed by atoms with Crippen LogP contribution in [0, 0.1) is 0 Å². The molecule has 0 aromatic heterocycles. The van der Waals surface area contributed by atoms with E-state index in [0.29, 0.717) is 18.7 Å². The maximum atomic E-state index is 9.46. The van der Waals surface area contributed by atoms with Crippen molar-refractivity contribution in [3.8, 4) is 11.5 Å². The Balaban J connectivity index is 1.77. The van der Waals surface area contributed by atoms with Gasteiger partial charge in [-0.25, -0.2) is 0 Å². The van der Waals surface area contributed by atoms with E-state index in [1.807, 2.05) is 6.07 Å². The lowest BCUT2D eigenvalue weighted by Crippen LogP contribution is -2.33. The monoisotopic (exact) mass is 248 g/mol. The van der Waals surface area contributed by atoms with Crippen LogP contribution in [0.25, 0.3) is 0 Å². The topological polar surface area (TPSA) is 35.9 Å². The van der Waals surface area contributed by atoms with Gasteiger partial charge in [-0.05, 0) is 32.6 Å². The van der Waals surface area contributed by atoms with Crippen molar-refractivity contribution >= 4 is 0 Å². The predicted octanol–water partition coefficient (Wildman–Crippen LogP) is 1.46. The van der Waals surface area contributed by atoms with E-state index in [1.165, 1.54) is 12.0 Å². The molecule has 2 aliphatic rings. The summed E-state index contributed by atoms with van der Waals surface area (Å²) < 4.78 is 5.68. The van der Waals surface area contributed by atoms with Gasteiger partial charge in [0, 0.05) is 30.8 Å². The largest absolute Gasteiger partial charge is 0.508 e. The number of hydrogen-bond donors (Lipinski definition) is 1. The van der Waals surface area contributed by atoms with Crippen LogP contribution in [0.4, 0.5) is 0 Å². The minimum Gasteiger partial charge on any atom is -0.508 e. The van der Waals surface area contributed by atoms with E-state index >= 15 is 0 Å². The molecule has 18 heavy (non-hydrogen) atoms. The zero-order valence-corrected chi connectivity index (χ0v) is 11.0. The molecule has 1 N–H and O–H groups in total. The summed E-state index contributed by atoms with van der Waals surface area (Å²) in [6.07, 6.45) is 1.22. The zero-order valence-electron chi connectivity index (χ0n) is 11.0. The first-order valence-electron chi connectivity index (χ1n) is 6.51. The number of hydrogen-bond acceptors (Lipinski definition) is 4. The Bertz CT molecular complexity index is 447. The second-order valence-electron chi connectivity index (χ2n) is 5.45. The average molecular weight is 248 g/mol. The van der Waals surface area contributed by atoms with Gasteiger partial charge in [0.2, 0.25) is 0 Å². The highest BCUT2D eigenvalue weighted by Gasteiger charge is 2.34. The summed E-state index contributed by atoms with van der Waals surface area (Å²) >= 11 is 0. The Hall–Kier alpha value is -1.26. The van der Waals surface area contributed by atoms with Crippen LogP contribution >= 0.6 is 0 Å². The van der Waals surface area contributed by atoms with Crippen molar-refractivity contribution in [1.29, 1.82) is 0 Å². The summed E-state index contributed by atoms with van der Waals surface area (Å²) in [7, 11) is 4.29. The van der Waals surface area contributed by atoms with Crippen molar-refractivity contribution < 1.29 is 9.84 Å². The van der Waals surface area contributed by atoms with E-state index in [2.05, 4.69) is 23.9 Å². The van der Waals surface area contributed by atoms with Gasteiger partial charge in [-0.15, -0.1) is 0 Å². The number of nitrogens with zero attached hydrogens (tertiary/aromatic N) is 2. The molecule has 4 heteroatoms. The number of phenols is 1. The van der Waals surface area contributed by atoms with Crippen LogP contribution in [-0.2, 0) is 0 Å². The van der Waals surface area contributed by atoms with Gasteiger partial charge in [0.1, 0.15) is 18.1 Å². The van der Waals surface area contributed by atoms with Crippen LogP contribution in [0.2, 0.25) is 0 Å². The summed E-state index contributed by atoms with van der Waals surface area (Å²) in [5.74, 6) is 1.12. The molecule has 0 amide bonds. The molecule has 1 aromatic rings. The average Bonchev–Trinajstić information content (AvgIpc) is 2.92. The van der Waals surface area contributed by atoms with Gasteiger partial charge in [0.15, 0.2) is 0 Å². The molecule has 1 aromatic carbocycles. The molecule has 98 valence electrons. The van der Waals surface area contributed by atoms with E-state index in [9.17, 15) is 5.11 Å². The van der Waals surface area contributed by atoms with Crippen molar-refractivity contribution in [1.82, 2.24) is 9.80 Å². The highest BCUT2D eigenvalue weighted by Crippen LogP contribution is 2.39. The maximum absolute atomic E-state index is 9.46. The third kappa shape index (κ3) is 1.95. The highest BCUT2D eigenvalue weighted by molar-refractivity contribution is 5.44. The number of benzene rings is 1. The Kier molecular flexibility index (Phi) is 2.92. The van der Waals surface area contributed by atoms with Crippen molar-refractivity contribution in [3.05, 3.63) is 23.8 Å². The van der Waals surface area contributed by atoms with Crippen molar-refractivity contribution in [2.24, 2.45) is 0 Å². The van der Waals surface area contributed by atoms with Crippen LogP contribution in [-0.4, -0.2) is 54.7 Å². The predicted molar refractivity (Wildman–Crippen MR) is 70.0 cm³/mol. The van der Waals surface area contributed by atoms with Gasteiger partial charge in [0.25, 0.3) is 0 Å². The fourth-order valence-corrected chi connectivity index (χ4v) is 2.96. The van der Waals surface area contributed by atoms with Gasteiger partial charge in [-0.3, -0.25) is 4.90 Å². The standard InChI is InChI=1S/C14H20N2O2/c1-15(2)10-5-6-16(8-10)13-9-18-14-7-11(17)3-4-12(13)14/h3-4,7,10,13,17H,5-6,8-9H2,1-2H3. The molecular weight excluding hydrogens is 228 g/mol. The SMILES string of the molecule is CN(C)C1CCN(C2COc3cc(O)ccc32)C1. The highest BCUT2D eigenvalue weighted by atomic mass is 16.5. The summed E-state index contributed by atoms with van der Waals surface area (Å²) in [5.41, 5.74) is 1.22. The Morgan fingerprint density at radius 2 is 2.22 bits per heavy atom. The van der Waals surface area contributed by atoms with Gasteiger partial charge in [0.05, 0.1) is 6.04 Å². The number of rotatable bonds is 2. The number of phenolic OH excluding ortho intramolecular Hbond substituents is 1. The van der Waals surface area contributed by atoms with E-state index in [0.717, 1.165) is 18.8 Å². The lowest BCUT2D eigenvalue weighted by Gasteiger charge is -2.24. The second kappa shape index (κ2) is 4.44. The maximum Gasteiger partial charge on any atom is 0.127 e. The van der Waals surface area contributed by atoms with Gasteiger partial charge < -0.3 is 14.7 Å². The lowest BCUT2D eigenvalue weighted by molar-refractivity contribution is 0.181. The molecule has 1 fully saturated rings. The van der Waals surface area contributed by atoms with Crippen molar-refractivity contribution in [3.63, 3.8) is 0 Å². The Morgan fingerprint density at radius 3 is 2.94 bits per heavy atom. The summed E-state index contributed by atoms with van der Waals surface area (Å²) in [5, 5.41) is 9.46. The molecule has 2 atom stereocenters.